The fourth-order valence-electron chi connectivity index (χ4n) is 1.73. The summed E-state index contributed by atoms with van der Waals surface area (Å²) in [6.07, 6.45) is 7.01. The minimum absolute atomic E-state index is 0.500. The van der Waals surface area contributed by atoms with E-state index in [1.165, 1.54) is 5.57 Å². The average Bonchev–Trinajstić information content (AvgIpc) is 2.37. The van der Waals surface area contributed by atoms with Gasteiger partial charge in [-0.2, -0.15) is 0 Å². The Balaban J connectivity index is 2.69. The molecule has 15 heavy (non-hydrogen) atoms. The van der Waals surface area contributed by atoms with E-state index in [1.54, 1.807) is 0 Å². The zero-order valence-corrected chi connectivity index (χ0v) is 8.94. The number of imidazole rings is 1. The van der Waals surface area contributed by atoms with Crippen molar-refractivity contribution in [3.8, 4) is 0 Å². The van der Waals surface area contributed by atoms with Crippen molar-refractivity contribution < 1.29 is 5.11 Å². The topological polar surface area (TPSA) is 38.1 Å². The van der Waals surface area contributed by atoms with Crippen molar-refractivity contribution in [2.45, 2.75) is 19.3 Å². The summed E-state index contributed by atoms with van der Waals surface area (Å²) in [6.45, 7) is 2.08. The van der Waals surface area contributed by atoms with Gasteiger partial charge in [-0.05, 0) is 19.4 Å². The Morgan fingerprint density at radius 2 is 2.27 bits per heavy atom. The number of aliphatic hydroxyl groups excluding tert-OH is 1. The number of hydrogen-bond acceptors (Lipinski definition) is 2. The first-order valence-corrected chi connectivity index (χ1v) is 4.93. The quantitative estimate of drug-likeness (QED) is 0.620. The van der Waals surface area contributed by atoms with E-state index in [2.05, 4.69) is 18.0 Å². The van der Waals surface area contributed by atoms with Crippen molar-refractivity contribution in [1.29, 1.82) is 0 Å². The normalized spacial score (nSPS) is 16.9. The molecule has 1 aliphatic rings. The lowest BCUT2D eigenvalue weighted by Crippen LogP contribution is -2.28. The number of fused-ring (bicyclic) bond motifs is 1. The molecule has 0 aromatic carbocycles. The monoisotopic (exact) mass is 200 g/mol. The molecule has 1 aromatic heterocycles. The van der Waals surface area contributed by atoms with Gasteiger partial charge in [0.15, 0.2) is 0 Å². The number of nitrogens with zero attached hydrogens (tertiary/aromatic N) is 2. The van der Waals surface area contributed by atoms with Crippen LogP contribution in [0, 0.1) is 0 Å². The first-order chi connectivity index (χ1) is 7.09. The second-order valence-corrected chi connectivity index (χ2v) is 3.83. The van der Waals surface area contributed by atoms with Crippen LogP contribution in [-0.4, -0.2) is 22.5 Å². The Bertz CT molecular complexity index is 526. The van der Waals surface area contributed by atoms with E-state index in [0.717, 1.165) is 17.1 Å². The number of aromatic nitrogens is 2. The van der Waals surface area contributed by atoms with Gasteiger partial charge in [-0.15, -0.1) is 0 Å². The number of hydrogen-bond donors (Lipinski definition) is 1. The number of aliphatic hydroxyl groups is 1. The average molecular weight is 200 g/mol. The van der Waals surface area contributed by atoms with Crippen LogP contribution in [0.25, 0.3) is 12.2 Å². The molecule has 0 amide bonds. The Morgan fingerprint density at radius 3 is 2.93 bits per heavy atom. The molecule has 76 valence electrons. The van der Waals surface area contributed by atoms with Crippen LogP contribution in [0.15, 0.2) is 11.6 Å². The third-order valence-electron chi connectivity index (χ3n) is 2.61. The molecule has 1 aromatic rings. The lowest BCUT2D eigenvalue weighted by molar-refractivity contribution is 0.247. The van der Waals surface area contributed by atoms with Gasteiger partial charge in [-0.25, -0.2) is 4.98 Å². The number of rotatable bonds is 1. The minimum atomic E-state index is -1.02. The fraction of sp³-hybridized carbons (Fsp3) is 0.364. The van der Waals surface area contributed by atoms with E-state index >= 15 is 0 Å². The Kier molecular flexibility index (Phi) is 2.53. The van der Waals surface area contributed by atoms with Crippen molar-refractivity contribution >= 4 is 20.0 Å². The summed E-state index contributed by atoms with van der Waals surface area (Å²) in [5.74, 6) is 0.500. The summed E-state index contributed by atoms with van der Waals surface area (Å²) in [5, 5.41) is 11.2. The molecule has 1 aliphatic carbocycles. The van der Waals surface area contributed by atoms with Crippen molar-refractivity contribution in [3.05, 3.63) is 28.2 Å². The summed E-state index contributed by atoms with van der Waals surface area (Å²) in [5.41, 5.74) is 1.29. The van der Waals surface area contributed by atoms with Gasteiger partial charge in [0.05, 0.1) is 16.7 Å². The third-order valence-corrected chi connectivity index (χ3v) is 2.61. The Labute approximate surface area is 89.9 Å². The van der Waals surface area contributed by atoms with Gasteiger partial charge in [0.2, 0.25) is 0 Å². The molecule has 0 aliphatic heterocycles. The van der Waals surface area contributed by atoms with Gasteiger partial charge in [0.25, 0.3) is 0 Å². The van der Waals surface area contributed by atoms with Crippen LogP contribution in [0.5, 0.6) is 0 Å². The van der Waals surface area contributed by atoms with E-state index in [-0.39, 0.29) is 0 Å². The molecule has 0 spiro atoms. The standard InChI is InChI=1S/C11H13BN2O/c1-7-3-5-8-9(6-4-7)14(2)11(13-8)10(12)15/h3,5-6,10,15H,4H2,1-2H3. The maximum absolute atomic E-state index is 9.33. The molecule has 0 bridgehead atoms. The molecule has 3 nitrogen and oxygen atoms in total. The third kappa shape index (κ3) is 1.77. The van der Waals surface area contributed by atoms with Crippen LogP contribution in [0.1, 0.15) is 25.2 Å². The van der Waals surface area contributed by atoms with E-state index in [4.69, 9.17) is 7.85 Å². The van der Waals surface area contributed by atoms with Gasteiger partial charge in [0, 0.05) is 7.05 Å². The molecular weight excluding hydrogens is 187 g/mol. The van der Waals surface area contributed by atoms with Gasteiger partial charge in [-0.3, -0.25) is 0 Å². The maximum atomic E-state index is 9.33. The summed E-state index contributed by atoms with van der Waals surface area (Å²) < 4.78 is 1.84. The van der Waals surface area contributed by atoms with Gasteiger partial charge in [-0.1, -0.05) is 17.7 Å². The molecule has 0 saturated carbocycles. The predicted octanol–water partition coefficient (Wildman–Crippen LogP) is -0.509. The summed E-state index contributed by atoms with van der Waals surface area (Å²) in [7, 11) is 7.29. The largest absolute Gasteiger partial charge is 0.395 e. The van der Waals surface area contributed by atoms with Crippen molar-refractivity contribution in [2.75, 3.05) is 0 Å². The maximum Gasteiger partial charge on any atom is 0.128 e. The molecule has 1 atom stereocenters. The highest BCUT2D eigenvalue weighted by Crippen LogP contribution is 2.04. The van der Waals surface area contributed by atoms with Crippen LogP contribution in [-0.2, 0) is 7.05 Å². The molecule has 4 heteroatoms. The zero-order valence-electron chi connectivity index (χ0n) is 8.94. The Morgan fingerprint density at radius 1 is 1.53 bits per heavy atom. The smallest absolute Gasteiger partial charge is 0.128 e. The lowest BCUT2D eigenvalue weighted by atomic mass is 10.00. The lowest BCUT2D eigenvalue weighted by Gasteiger charge is -2.03. The first-order valence-electron chi connectivity index (χ1n) is 4.93. The molecule has 2 radical (unpaired) electrons. The predicted molar refractivity (Wildman–Crippen MR) is 60.5 cm³/mol. The molecule has 0 saturated heterocycles. The van der Waals surface area contributed by atoms with E-state index in [9.17, 15) is 5.11 Å². The molecular formula is C11H13BN2O. The highest BCUT2D eigenvalue weighted by atomic mass is 16.3. The minimum Gasteiger partial charge on any atom is -0.395 e. The van der Waals surface area contributed by atoms with Gasteiger partial charge < -0.3 is 9.67 Å². The van der Waals surface area contributed by atoms with Crippen LogP contribution < -0.4 is 10.7 Å². The van der Waals surface area contributed by atoms with Crippen LogP contribution in [0.2, 0.25) is 0 Å². The van der Waals surface area contributed by atoms with Crippen LogP contribution in [0.3, 0.4) is 0 Å². The van der Waals surface area contributed by atoms with E-state index in [0.29, 0.717) is 5.82 Å². The van der Waals surface area contributed by atoms with Gasteiger partial charge >= 0.3 is 0 Å². The SMILES string of the molecule is [B]C(O)c1nc2c(n1C)=CCC(C)=CC=2. The fourth-order valence-corrected chi connectivity index (χ4v) is 1.73. The highest BCUT2D eigenvalue weighted by Gasteiger charge is 2.09. The van der Waals surface area contributed by atoms with Crippen LogP contribution >= 0.6 is 0 Å². The summed E-state index contributed by atoms with van der Waals surface area (Å²) >= 11 is 0. The zero-order chi connectivity index (χ0) is 11.0. The van der Waals surface area contributed by atoms with Crippen molar-refractivity contribution in [3.63, 3.8) is 0 Å². The highest BCUT2D eigenvalue weighted by molar-refractivity contribution is 6.10. The second kappa shape index (κ2) is 3.70. The van der Waals surface area contributed by atoms with E-state index < -0.39 is 6.00 Å². The molecule has 0 fully saturated rings. The van der Waals surface area contributed by atoms with Gasteiger partial charge in [0.1, 0.15) is 13.7 Å². The molecule has 1 N–H and O–H groups in total. The number of allylic oxidation sites excluding steroid dienone is 2. The first kappa shape index (κ1) is 10.2. The molecule has 1 unspecified atom stereocenters. The van der Waals surface area contributed by atoms with Crippen LogP contribution in [0.4, 0.5) is 0 Å². The summed E-state index contributed by atoms with van der Waals surface area (Å²) in [6, 6.07) is -1.02. The van der Waals surface area contributed by atoms with E-state index in [1.807, 2.05) is 23.8 Å². The molecule has 2 rings (SSSR count). The van der Waals surface area contributed by atoms with Crippen molar-refractivity contribution in [1.82, 2.24) is 9.55 Å². The van der Waals surface area contributed by atoms with Crippen molar-refractivity contribution in [2.24, 2.45) is 7.05 Å². The summed E-state index contributed by atoms with van der Waals surface area (Å²) in [4.78, 5) is 4.30. The molecule has 1 heterocycles. The second-order valence-electron chi connectivity index (χ2n) is 3.83. The Hall–Kier alpha value is -1.29.